The van der Waals surface area contributed by atoms with Gasteiger partial charge in [0.1, 0.15) is 17.1 Å². The Morgan fingerprint density at radius 1 is 1.33 bits per heavy atom. The first kappa shape index (κ1) is 15.1. The van der Waals surface area contributed by atoms with Crippen molar-refractivity contribution < 1.29 is 37.5 Å². The molecule has 0 saturated carbocycles. The van der Waals surface area contributed by atoms with Crippen LogP contribution < -0.4 is 27.9 Å². The van der Waals surface area contributed by atoms with Crippen LogP contribution >= 0.6 is 11.5 Å². The quantitative estimate of drug-likeness (QED) is 0.399. The lowest BCUT2D eigenvalue weighted by atomic mass is 10.2. The van der Waals surface area contributed by atoms with Gasteiger partial charge in [-0.05, 0) is 0 Å². The van der Waals surface area contributed by atoms with Crippen LogP contribution in [0.1, 0.15) is 21.6 Å². The van der Waals surface area contributed by atoms with Crippen molar-refractivity contribution in [3.63, 3.8) is 0 Å². The molecule has 0 atom stereocenters. The molecule has 0 amide bonds. The van der Waals surface area contributed by atoms with Crippen molar-refractivity contribution >= 4 is 17.5 Å². The highest BCUT2D eigenvalue weighted by atomic mass is 127. The molecule has 0 N–H and O–H groups in total. The number of hydrogen-bond donors (Lipinski definition) is 0. The van der Waals surface area contributed by atoms with E-state index < -0.39 is 0 Å². The molecule has 18 heavy (non-hydrogen) atoms. The summed E-state index contributed by atoms with van der Waals surface area (Å²) in [5.74, 6) is -0.273. The first-order valence-corrected chi connectivity index (χ1v) is 6.16. The number of halogens is 1. The summed E-state index contributed by atoms with van der Waals surface area (Å²) in [6.07, 6.45) is 0. The van der Waals surface area contributed by atoms with Gasteiger partial charge in [-0.25, -0.2) is 4.79 Å². The van der Waals surface area contributed by atoms with Crippen molar-refractivity contribution in [2.24, 2.45) is 0 Å². The Kier molecular flexibility index (Phi) is 5.74. The highest BCUT2D eigenvalue weighted by Crippen LogP contribution is 2.10. The third-order valence-corrected chi connectivity index (χ3v) is 3.63. The number of hydrogen-bond acceptors (Lipinski definition) is 3. The van der Waals surface area contributed by atoms with Crippen molar-refractivity contribution in [3.8, 4) is 0 Å². The van der Waals surface area contributed by atoms with Crippen molar-refractivity contribution in [2.75, 3.05) is 7.11 Å². The summed E-state index contributed by atoms with van der Waals surface area (Å²) in [6.45, 7) is 2.72. The van der Waals surface area contributed by atoms with Gasteiger partial charge in [-0.15, -0.1) is 3.96 Å². The summed E-state index contributed by atoms with van der Waals surface area (Å²) < 4.78 is 6.82. The van der Waals surface area contributed by atoms with Crippen LogP contribution in [-0.4, -0.2) is 13.1 Å². The minimum absolute atomic E-state index is 0. The van der Waals surface area contributed by atoms with Crippen LogP contribution in [0.2, 0.25) is 0 Å². The first-order chi connectivity index (χ1) is 8.22. The van der Waals surface area contributed by atoms with Crippen LogP contribution in [0.4, 0.5) is 0 Å². The average molecular weight is 375 g/mol. The van der Waals surface area contributed by atoms with E-state index in [0.717, 1.165) is 12.2 Å². The van der Waals surface area contributed by atoms with E-state index in [-0.39, 0.29) is 29.9 Å². The third kappa shape index (κ3) is 3.29. The number of esters is 1. The topological polar surface area (TPSA) is 30.2 Å². The van der Waals surface area contributed by atoms with Crippen molar-refractivity contribution in [3.05, 3.63) is 52.5 Å². The molecule has 2 aromatic rings. The number of ether oxygens (including phenoxy) is 1. The molecule has 1 aromatic heterocycles. The lowest BCUT2D eigenvalue weighted by molar-refractivity contribution is -0.625. The summed E-state index contributed by atoms with van der Waals surface area (Å²) in [5, 5.41) is 1.84. The van der Waals surface area contributed by atoms with E-state index in [1.807, 2.05) is 30.5 Å². The number of aromatic nitrogens is 1. The van der Waals surface area contributed by atoms with Crippen LogP contribution in [0.5, 0.6) is 0 Å². The second kappa shape index (κ2) is 6.84. The van der Waals surface area contributed by atoms with Crippen LogP contribution in [0.25, 0.3) is 0 Å². The molecule has 0 radical (unpaired) electrons. The van der Waals surface area contributed by atoms with Gasteiger partial charge in [-0.3, -0.25) is 0 Å². The van der Waals surface area contributed by atoms with Crippen LogP contribution in [0.15, 0.2) is 35.7 Å². The van der Waals surface area contributed by atoms with Crippen molar-refractivity contribution in [2.45, 2.75) is 13.5 Å². The molecule has 5 heteroatoms. The van der Waals surface area contributed by atoms with Gasteiger partial charge in [-0.2, -0.15) is 0 Å². The third-order valence-electron chi connectivity index (χ3n) is 2.64. The Bertz CT molecular complexity index is 525. The molecular weight excluding hydrogens is 361 g/mol. The molecule has 0 bridgehead atoms. The number of benzene rings is 1. The number of carbonyl (C=O) groups excluding carboxylic acids is 1. The van der Waals surface area contributed by atoms with Gasteiger partial charge >= 0.3 is 5.97 Å². The molecule has 96 valence electrons. The summed E-state index contributed by atoms with van der Waals surface area (Å²) in [5.41, 5.74) is 2.82. The van der Waals surface area contributed by atoms with E-state index in [9.17, 15) is 4.79 Å². The molecule has 0 aliphatic carbocycles. The largest absolute Gasteiger partial charge is 1.00 e. The maximum absolute atomic E-state index is 11.5. The summed E-state index contributed by atoms with van der Waals surface area (Å²) in [4.78, 5) is 11.5. The van der Waals surface area contributed by atoms with Gasteiger partial charge in [0.05, 0.1) is 12.5 Å². The maximum atomic E-state index is 11.5. The fraction of sp³-hybridized carbons (Fsp3) is 0.231. The molecule has 1 heterocycles. The molecule has 0 aliphatic heterocycles. The zero-order chi connectivity index (χ0) is 12.3. The summed E-state index contributed by atoms with van der Waals surface area (Å²) in [7, 11) is 1.40. The zero-order valence-electron chi connectivity index (χ0n) is 10.2. The Labute approximate surface area is 128 Å². The van der Waals surface area contributed by atoms with Gasteiger partial charge in [0.15, 0.2) is 6.54 Å². The Balaban J connectivity index is 0.00000162. The Morgan fingerprint density at radius 2 is 2.00 bits per heavy atom. The van der Waals surface area contributed by atoms with Gasteiger partial charge in [0, 0.05) is 12.5 Å². The smallest absolute Gasteiger partial charge is 0.345 e. The lowest BCUT2D eigenvalue weighted by Gasteiger charge is -1.96. The number of rotatable bonds is 3. The predicted octanol–water partition coefficient (Wildman–Crippen LogP) is -0.817. The molecule has 1 aromatic carbocycles. The van der Waals surface area contributed by atoms with Gasteiger partial charge < -0.3 is 28.7 Å². The van der Waals surface area contributed by atoms with E-state index in [4.69, 9.17) is 4.74 Å². The molecule has 3 nitrogen and oxygen atoms in total. The van der Waals surface area contributed by atoms with Crippen molar-refractivity contribution in [1.82, 2.24) is 0 Å². The fourth-order valence-electron chi connectivity index (χ4n) is 1.63. The number of nitrogens with zero attached hydrogens (tertiary/aromatic N) is 1. The van der Waals surface area contributed by atoms with Crippen LogP contribution in [0, 0.1) is 6.92 Å². The summed E-state index contributed by atoms with van der Waals surface area (Å²) >= 11 is 1.53. The second-order valence-electron chi connectivity index (χ2n) is 3.74. The Morgan fingerprint density at radius 3 is 2.61 bits per heavy atom. The summed E-state index contributed by atoms with van der Waals surface area (Å²) in [6, 6.07) is 10.2. The van der Waals surface area contributed by atoms with Gasteiger partial charge in [0.2, 0.25) is 5.69 Å². The minimum atomic E-state index is -0.273. The fourth-order valence-corrected chi connectivity index (χ4v) is 2.61. The zero-order valence-corrected chi connectivity index (χ0v) is 13.2. The molecule has 0 saturated heterocycles. The SMILES string of the molecule is COC(=O)c1cs[n+](Cc2ccccc2)c1C.[I-]. The average Bonchev–Trinajstić information content (AvgIpc) is 2.72. The van der Waals surface area contributed by atoms with Crippen LogP contribution in [0.3, 0.4) is 0 Å². The monoisotopic (exact) mass is 375 g/mol. The normalized spacial score (nSPS) is 9.67. The number of methoxy groups -OCH3 is 1. The van der Waals surface area contributed by atoms with E-state index in [0.29, 0.717) is 5.56 Å². The van der Waals surface area contributed by atoms with E-state index in [2.05, 4.69) is 16.1 Å². The predicted molar refractivity (Wildman–Crippen MR) is 66.1 cm³/mol. The maximum Gasteiger partial charge on any atom is 0.345 e. The second-order valence-corrected chi connectivity index (χ2v) is 4.62. The van der Waals surface area contributed by atoms with E-state index >= 15 is 0 Å². The van der Waals surface area contributed by atoms with Gasteiger partial charge in [-0.1, -0.05) is 30.3 Å². The Hall–Kier alpha value is -0.950. The molecule has 0 aliphatic rings. The highest BCUT2D eigenvalue weighted by molar-refractivity contribution is 6.99. The van der Waals surface area contributed by atoms with E-state index in [1.54, 1.807) is 0 Å². The molecule has 0 spiro atoms. The molecule has 2 rings (SSSR count). The van der Waals surface area contributed by atoms with Gasteiger partial charge in [0.25, 0.3) is 0 Å². The van der Waals surface area contributed by atoms with Crippen LogP contribution in [-0.2, 0) is 11.3 Å². The first-order valence-electron chi connectivity index (χ1n) is 5.33. The standard InChI is InChI=1S/C13H14NO2S.HI/c1-10-12(13(15)16-2)9-17-14(10)8-11-6-4-3-5-7-11;/h3-7,9H,8H2,1-2H3;1H/q+1;/p-1. The van der Waals surface area contributed by atoms with E-state index in [1.165, 1.54) is 24.2 Å². The lowest BCUT2D eigenvalue weighted by Crippen LogP contribution is -3.00. The number of carbonyl (C=O) groups is 1. The molecule has 0 unspecified atom stereocenters. The molecule has 0 fully saturated rings. The van der Waals surface area contributed by atoms with Crippen molar-refractivity contribution in [1.29, 1.82) is 0 Å². The molecular formula is C13H14INO2S. The highest BCUT2D eigenvalue weighted by Gasteiger charge is 2.21. The minimum Gasteiger partial charge on any atom is -1.00 e.